The van der Waals surface area contributed by atoms with Crippen LogP contribution >= 0.6 is 0 Å². The fourth-order valence-corrected chi connectivity index (χ4v) is 4.96. The van der Waals surface area contributed by atoms with Crippen molar-refractivity contribution in [2.75, 3.05) is 14.2 Å². The van der Waals surface area contributed by atoms with Gasteiger partial charge in [-0.25, -0.2) is 0 Å². The number of hydrogen-bond acceptors (Lipinski definition) is 3. The van der Waals surface area contributed by atoms with E-state index in [1.165, 1.54) is 11.1 Å². The van der Waals surface area contributed by atoms with Gasteiger partial charge in [0.15, 0.2) is 5.78 Å². The zero-order valence-corrected chi connectivity index (χ0v) is 20.6. The zero-order valence-electron chi connectivity index (χ0n) is 20.6. The summed E-state index contributed by atoms with van der Waals surface area (Å²) in [4.78, 5) is 13.4. The summed E-state index contributed by atoms with van der Waals surface area (Å²) >= 11 is 0. The van der Waals surface area contributed by atoms with Crippen LogP contribution in [-0.2, 0) is 11.2 Å². The molecule has 3 heteroatoms. The number of aryl methyl sites for hydroxylation is 2. The second-order valence-corrected chi connectivity index (χ2v) is 8.85. The molecule has 1 aliphatic carbocycles. The number of allylic oxidation sites excluding steroid dienone is 4. The SMILES string of the molecule is CCC1C(=O)C=C(c2ccc(OC)c(C)c2)C(c2ccc(OC)c(C)c2)=C1Cc1ccccc1. The van der Waals surface area contributed by atoms with E-state index >= 15 is 0 Å². The van der Waals surface area contributed by atoms with E-state index in [-0.39, 0.29) is 11.7 Å². The summed E-state index contributed by atoms with van der Waals surface area (Å²) in [5.74, 6) is 1.73. The molecule has 34 heavy (non-hydrogen) atoms. The van der Waals surface area contributed by atoms with Gasteiger partial charge in [0.2, 0.25) is 0 Å². The molecule has 3 nitrogen and oxygen atoms in total. The third-order valence-corrected chi connectivity index (χ3v) is 6.68. The van der Waals surface area contributed by atoms with E-state index in [9.17, 15) is 4.79 Å². The molecule has 174 valence electrons. The number of methoxy groups -OCH3 is 2. The second-order valence-electron chi connectivity index (χ2n) is 8.85. The standard InChI is InChI=1S/C31H32O3/c1-6-25-27(18-22-10-8-7-9-11-22)31(24-13-15-30(34-5)21(3)17-24)26(19-28(25)32)23-12-14-29(33-4)20(2)16-23/h7-17,19,25H,6,18H2,1-5H3. The maximum atomic E-state index is 13.4. The molecule has 0 heterocycles. The van der Waals surface area contributed by atoms with E-state index in [1.54, 1.807) is 14.2 Å². The van der Waals surface area contributed by atoms with Crippen LogP contribution in [-0.4, -0.2) is 20.0 Å². The van der Waals surface area contributed by atoms with Crippen LogP contribution in [0, 0.1) is 19.8 Å². The van der Waals surface area contributed by atoms with Crippen molar-refractivity contribution in [1.82, 2.24) is 0 Å². The lowest BCUT2D eigenvalue weighted by Crippen LogP contribution is -2.22. The van der Waals surface area contributed by atoms with Crippen molar-refractivity contribution in [1.29, 1.82) is 0 Å². The summed E-state index contributed by atoms with van der Waals surface area (Å²) in [5.41, 5.74) is 8.74. The molecule has 0 saturated carbocycles. The smallest absolute Gasteiger partial charge is 0.163 e. The number of rotatable bonds is 7. The Bertz CT molecular complexity index is 1270. The van der Waals surface area contributed by atoms with Gasteiger partial charge in [-0.3, -0.25) is 4.79 Å². The van der Waals surface area contributed by atoms with Gasteiger partial charge in [0, 0.05) is 5.92 Å². The molecule has 1 unspecified atom stereocenters. The third-order valence-electron chi connectivity index (χ3n) is 6.68. The number of ketones is 1. The Morgan fingerprint density at radius 3 is 1.94 bits per heavy atom. The fourth-order valence-electron chi connectivity index (χ4n) is 4.96. The highest BCUT2D eigenvalue weighted by Gasteiger charge is 2.31. The Morgan fingerprint density at radius 1 is 0.794 bits per heavy atom. The van der Waals surface area contributed by atoms with Crippen LogP contribution in [0.5, 0.6) is 11.5 Å². The molecule has 0 bridgehead atoms. The van der Waals surface area contributed by atoms with Crippen LogP contribution in [0.25, 0.3) is 11.1 Å². The van der Waals surface area contributed by atoms with Crippen molar-refractivity contribution in [3.8, 4) is 11.5 Å². The highest BCUT2D eigenvalue weighted by molar-refractivity contribution is 6.18. The number of hydrogen-bond donors (Lipinski definition) is 0. The van der Waals surface area contributed by atoms with E-state index < -0.39 is 0 Å². The molecular formula is C31H32O3. The third kappa shape index (κ3) is 4.56. The number of ether oxygens (including phenoxy) is 2. The van der Waals surface area contributed by atoms with Crippen LogP contribution < -0.4 is 9.47 Å². The average Bonchev–Trinajstić information content (AvgIpc) is 2.84. The van der Waals surface area contributed by atoms with Gasteiger partial charge < -0.3 is 9.47 Å². The van der Waals surface area contributed by atoms with E-state index in [0.717, 1.165) is 57.7 Å². The van der Waals surface area contributed by atoms with Gasteiger partial charge in [-0.1, -0.05) is 49.4 Å². The first-order chi connectivity index (χ1) is 16.5. The summed E-state index contributed by atoms with van der Waals surface area (Å²) in [6, 6.07) is 22.9. The van der Waals surface area contributed by atoms with Crippen LogP contribution in [0.4, 0.5) is 0 Å². The van der Waals surface area contributed by atoms with E-state index in [0.29, 0.717) is 0 Å². The largest absolute Gasteiger partial charge is 0.496 e. The number of carbonyl (C=O) groups is 1. The lowest BCUT2D eigenvalue weighted by molar-refractivity contribution is -0.117. The molecule has 0 spiro atoms. The Kier molecular flexibility index (Phi) is 7.02. The molecule has 0 fully saturated rings. The second kappa shape index (κ2) is 10.1. The summed E-state index contributed by atoms with van der Waals surface area (Å²) in [5, 5.41) is 0. The lowest BCUT2D eigenvalue weighted by atomic mass is 9.74. The summed E-state index contributed by atoms with van der Waals surface area (Å²) in [6.07, 6.45) is 3.35. The zero-order chi connectivity index (χ0) is 24.2. The van der Waals surface area contributed by atoms with Gasteiger partial charge in [0.25, 0.3) is 0 Å². The van der Waals surface area contributed by atoms with E-state index in [1.807, 2.05) is 37.3 Å². The molecule has 0 aliphatic heterocycles. The van der Waals surface area contributed by atoms with Crippen molar-refractivity contribution in [2.24, 2.45) is 5.92 Å². The quantitative estimate of drug-likeness (QED) is 0.387. The van der Waals surface area contributed by atoms with Crippen molar-refractivity contribution in [3.05, 3.63) is 106 Å². The van der Waals surface area contributed by atoms with Crippen molar-refractivity contribution in [2.45, 2.75) is 33.6 Å². The molecule has 1 atom stereocenters. The fraction of sp³-hybridized carbons (Fsp3) is 0.258. The Balaban J connectivity index is 1.97. The molecule has 4 rings (SSSR count). The van der Waals surface area contributed by atoms with E-state index in [2.05, 4.69) is 56.3 Å². The van der Waals surface area contributed by atoms with Gasteiger partial charge in [0.1, 0.15) is 11.5 Å². The molecule has 0 radical (unpaired) electrons. The van der Waals surface area contributed by atoms with Gasteiger partial charge >= 0.3 is 0 Å². The lowest BCUT2D eigenvalue weighted by Gasteiger charge is -2.29. The van der Waals surface area contributed by atoms with Crippen LogP contribution in [0.15, 0.2) is 78.4 Å². The Hall–Kier alpha value is -3.59. The molecule has 0 amide bonds. The predicted octanol–water partition coefficient (Wildman–Crippen LogP) is 7.01. The normalized spacial score (nSPS) is 15.9. The Labute approximate surface area is 202 Å². The van der Waals surface area contributed by atoms with Crippen molar-refractivity contribution >= 4 is 16.9 Å². The van der Waals surface area contributed by atoms with Gasteiger partial charge in [-0.05, 0) is 102 Å². The monoisotopic (exact) mass is 452 g/mol. The van der Waals surface area contributed by atoms with Crippen molar-refractivity contribution < 1.29 is 14.3 Å². The van der Waals surface area contributed by atoms with Crippen LogP contribution in [0.1, 0.15) is 41.2 Å². The maximum Gasteiger partial charge on any atom is 0.163 e. The maximum absolute atomic E-state index is 13.4. The first-order valence-corrected chi connectivity index (χ1v) is 11.8. The highest BCUT2D eigenvalue weighted by Crippen LogP contribution is 2.44. The average molecular weight is 453 g/mol. The minimum Gasteiger partial charge on any atom is -0.496 e. The van der Waals surface area contributed by atoms with Crippen LogP contribution in [0.3, 0.4) is 0 Å². The molecule has 3 aromatic carbocycles. The van der Waals surface area contributed by atoms with Gasteiger partial charge in [-0.15, -0.1) is 0 Å². The number of benzene rings is 3. The molecule has 1 aliphatic rings. The van der Waals surface area contributed by atoms with Crippen LogP contribution in [0.2, 0.25) is 0 Å². The minimum absolute atomic E-state index is 0.138. The first-order valence-electron chi connectivity index (χ1n) is 11.8. The highest BCUT2D eigenvalue weighted by atomic mass is 16.5. The number of carbonyl (C=O) groups excluding carboxylic acids is 1. The summed E-state index contributed by atoms with van der Waals surface area (Å²) in [7, 11) is 3.38. The van der Waals surface area contributed by atoms with E-state index in [4.69, 9.17) is 9.47 Å². The van der Waals surface area contributed by atoms with Gasteiger partial charge in [-0.2, -0.15) is 0 Å². The minimum atomic E-state index is -0.138. The molecule has 0 aromatic heterocycles. The Morgan fingerprint density at radius 2 is 1.38 bits per heavy atom. The molecule has 3 aromatic rings. The van der Waals surface area contributed by atoms with Gasteiger partial charge in [0.05, 0.1) is 14.2 Å². The molecule has 0 N–H and O–H groups in total. The predicted molar refractivity (Wildman–Crippen MR) is 139 cm³/mol. The first kappa shape index (κ1) is 23.6. The summed E-state index contributed by atoms with van der Waals surface area (Å²) in [6.45, 7) is 6.20. The summed E-state index contributed by atoms with van der Waals surface area (Å²) < 4.78 is 11.0. The topological polar surface area (TPSA) is 35.5 Å². The van der Waals surface area contributed by atoms with Crippen molar-refractivity contribution in [3.63, 3.8) is 0 Å². The molecular weight excluding hydrogens is 420 g/mol. The molecule has 0 saturated heterocycles.